The van der Waals surface area contributed by atoms with E-state index in [4.69, 9.17) is 9.47 Å². The molecule has 1 heterocycles. The van der Waals surface area contributed by atoms with Crippen molar-refractivity contribution in [2.45, 2.75) is 59.5 Å². The van der Waals surface area contributed by atoms with Crippen molar-refractivity contribution in [1.82, 2.24) is 0 Å². The van der Waals surface area contributed by atoms with Gasteiger partial charge in [-0.1, -0.05) is 12.1 Å². The van der Waals surface area contributed by atoms with Gasteiger partial charge in [0.2, 0.25) is 5.91 Å². The molecule has 1 aliphatic carbocycles. The number of para-hydroxylation sites is 1. The van der Waals surface area contributed by atoms with E-state index in [-0.39, 0.29) is 17.6 Å². The second-order valence-corrected chi connectivity index (χ2v) is 9.28. The Hall–Kier alpha value is -3.20. The molecule has 2 N–H and O–H groups in total. The number of thiophene rings is 1. The summed E-state index contributed by atoms with van der Waals surface area (Å²) in [6.07, 6.45) is 3.34. The molecule has 2 aromatic rings. The molecule has 33 heavy (non-hydrogen) atoms. The number of rotatable bonds is 7. The van der Waals surface area contributed by atoms with Crippen LogP contribution in [0, 0.1) is 6.92 Å². The number of carbonyl (C=O) groups excluding carboxylic acids is 4. The maximum atomic E-state index is 12.7. The lowest BCUT2D eigenvalue weighted by atomic mass is 9.95. The number of hydrogen-bond donors (Lipinski definition) is 2. The van der Waals surface area contributed by atoms with Crippen LogP contribution in [-0.2, 0) is 31.9 Å². The maximum Gasteiger partial charge on any atom is 0.341 e. The second-order valence-electron chi connectivity index (χ2n) is 8.17. The van der Waals surface area contributed by atoms with Gasteiger partial charge >= 0.3 is 11.9 Å². The van der Waals surface area contributed by atoms with E-state index in [1.807, 2.05) is 0 Å². The number of nitrogens with one attached hydrogen (secondary N) is 2. The smallest absolute Gasteiger partial charge is 0.341 e. The summed E-state index contributed by atoms with van der Waals surface area (Å²) in [4.78, 5) is 50.4. The van der Waals surface area contributed by atoms with E-state index in [9.17, 15) is 19.2 Å². The molecule has 1 aromatic heterocycles. The summed E-state index contributed by atoms with van der Waals surface area (Å²) in [7, 11) is 0. The Morgan fingerprint density at radius 2 is 1.79 bits per heavy atom. The molecule has 0 saturated heterocycles. The molecule has 0 aliphatic heterocycles. The Kier molecular flexibility index (Phi) is 7.86. The third-order valence-electron chi connectivity index (χ3n) is 5.10. The lowest BCUT2D eigenvalue weighted by molar-refractivity contribution is -0.119. The third kappa shape index (κ3) is 5.98. The molecular formula is C24H28N2O6S. The first kappa shape index (κ1) is 24.4. The van der Waals surface area contributed by atoms with Crippen molar-refractivity contribution in [3.8, 4) is 0 Å². The highest BCUT2D eigenvalue weighted by atomic mass is 32.1. The molecule has 0 atom stereocenters. The van der Waals surface area contributed by atoms with Gasteiger partial charge in [0.05, 0.1) is 22.9 Å². The first-order chi connectivity index (χ1) is 15.7. The van der Waals surface area contributed by atoms with Crippen molar-refractivity contribution >= 4 is 45.8 Å². The van der Waals surface area contributed by atoms with Gasteiger partial charge in [0.25, 0.3) is 5.91 Å². The Labute approximate surface area is 196 Å². The van der Waals surface area contributed by atoms with Gasteiger partial charge < -0.3 is 20.1 Å². The minimum Gasteiger partial charge on any atom is -0.459 e. The van der Waals surface area contributed by atoms with E-state index < -0.39 is 24.5 Å². The Bertz CT molecular complexity index is 1090. The molecule has 2 amide bonds. The van der Waals surface area contributed by atoms with Crippen molar-refractivity contribution in [2.75, 3.05) is 17.2 Å². The quantitative estimate of drug-likeness (QED) is 0.583. The van der Waals surface area contributed by atoms with Gasteiger partial charge in [-0.05, 0) is 63.6 Å². The van der Waals surface area contributed by atoms with Crippen molar-refractivity contribution < 1.29 is 28.7 Å². The first-order valence-electron chi connectivity index (χ1n) is 10.9. The Morgan fingerprint density at radius 3 is 2.48 bits per heavy atom. The monoisotopic (exact) mass is 472 g/mol. The molecule has 0 fully saturated rings. The first-order valence-corrected chi connectivity index (χ1v) is 11.7. The highest BCUT2D eigenvalue weighted by Crippen LogP contribution is 2.38. The largest absolute Gasteiger partial charge is 0.459 e. The fraction of sp³-hybridized carbons (Fsp3) is 0.417. The molecule has 176 valence electrons. The molecule has 1 aliphatic rings. The van der Waals surface area contributed by atoms with Crippen LogP contribution in [-0.4, -0.2) is 36.5 Å². The Balaban J connectivity index is 1.73. The van der Waals surface area contributed by atoms with E-state index in [1.165, 1.54) is 24.3 Å². The van der Waals surface area contributed by atoms with Crippen LogP contribution < -0.4 is 10.6 Å². The summed E-state index contributed by atoms with van der Waals surface area (Å²) in [6.45, 7) is 6.11. The summed E-state index contributed by atoms with van der Waals surface area (Å²) in [5.41, 5.74) is 2.53. The summed E-state index contributed by atoms with van der Waals surface area (Å²) < 4.78 is 10.6. The van der Waals surface area contributed by atoms with Crippen LogP contribution in [0.3, 0.4) is 0 Å². The van der Waals surface area contributed by atoms with Gasteiger partial charge in [0, 0.05) is 11.8 Å². The van der Waals surface area contributed by atoms with Crippen LogP contribution >= 0.6 is 11.3 Å². The standard InChI is InChI=1S/C24H28N2O6S/c1-13(2)32-24(30)20-16-9-5-6-11-18(16)33-22(20)26-19(28)12-31-23(29)17-10-7-8-14(3)21(17)25-15(4)27/h7-8,10,13H,5-6,9,11-12H2,1-4H3,(H,25,27)(H,26,28). The number of ether oxygens (including phenoxy) is 2. The summed E-state index contributed by atoms with van der Waals surface area (Å²) in [5, 5.41) is 5.76. The van der Waals surface area contributed by atoms with Gasteiger partial charge in [0.1, 0.15) is 5.00 Å². The molecular weight excluding hydrogens is 444 g/mol. The molecule has 8 nitrogen and oxygen atoms in total. The fourth-order valence-electron chi connectivity index (χ4n) is 3.69. The van der Waals surface area contributed by atoms with Gasteiger partial charge in [-0.25, -0.2) is 9.59 Å². The van der Waals surface area contributed by atoms with Crippen molar-refractivity contribution in [3.05, 3.63) is 45.3 Å². The molecule has 0 bridgehead atoms. The Morgan fingerprint density at radius 1 is 1.06 bits per heavy atom. The number of esters is 2. The molecule has 0 radical (unpaired) electrons. The lowest BCUT2D eigenvalue weighted by Crippen LogP contribution is -2.23. The highest BCUT2D eigenvalue weighted by molar-refractivity contribution is 7.17. The van der Waals surface area contributed by atoms with E-state index in [1.54, 1.807) is 32.9 Å². The number of benzene rings is 1. The molecule has 0 spiro atoms. The molecule has 9 heteroatoms. The van der Waals surface area contributed by atoms with Crippen LogP contribution in [0.5, 0.6) is 0 Å². The van der Waals surface area contributed by atoms with Crippen LogP contribution in [0.25, 0.3) is 0 Å². The molecule has 0 unspecified atom stereocenters. The third-order valence-corrected chi connectivity index (χ3v) is 6.31. The predicted molar refractivity (Wildman–Crippen MR) is 126 cm³/mol. The maximum absolute atomic E-state index is 12.7. The number of aryl methyl sites for hydroxylation is 2. The van der Waals surface area contributed by atoms with E-state index in [0.717, 1.165) is 36.1 Å². The number of fused-ring (bicyclic) bond motifs is 1. The summed E-state index contributed by atoms with van der Waals surface area (Å²) in [6, 6.07) is 4.94. The van der Waals surface area contributed by atoms with E-state index in [0.29, 0.717) is 21.8 Å². The van der Waals surface area contributed by atoms with E-state index >= 15 is 0 Å². The van der Waals surface area contributed by atoms with Gasteiger partial charge in [-0.3, -0.25) is 9.59 Å². The summed E-state index contributed by atoms with van der Waals surface area (Å²) >= 11 is 1.37. The van der Waals surface area contributed by atoms with E-state index in [2.05, 4.69) is 10.6 Å². The lowest BCUT2D eigenvalue weighted by Gasteiger charge is -2.14. The SMILES string of the molecule is CC(=O)Nc1c(C)cccc1C(=O)OCC(=O)Nc1sc2c(c1C(=O)OC(C)C)CCCC2. The zero-order valence-corrected chi connectivity index (χ0v) is 20.0. The number of amides is 2. The van der Waals surface area contributed by atoms with Crippen LogP contribution in [0.4, 0.5) is 10.7 Å². The molecule has 0 saturated carbocycles. The minimum absolute atomic E-state index is 0.158. The van der Waals surface area contributed by atoms with Crippen molar-refractivity contribution in [1.29, 1.82) is 0 Å². The fourth-order valence-corrected chi connectivity index (χ4v) is 4.99. The highest BCUT2D eigenvalue weighted by Gasteiger charge is 2.28. The molecule has 3 rings (SSSR count). The minimum atomic E-state index is -0.734. The number of carbonyl (C=O) groups is 4. The average Bonchev–Trinajstić information content (AvgIpc) is 3.10. The van der Waals surface area contributed by atoms with Gasteiger partial charge in [-0.2, -0.15) is 0 Å². The topological polar surface area (TPSA) is 111 Å². The predicted octanol–water partition coefficient (Wildman–Crippen LogP) is 4.25. The van der Waals surface area contributed by atoms with Crippen LogP contribution in [0.1, 0.15) is 70.3 Å². The average molecular weight is 473 g/mol. The van der Waals surface area contributed by atoms with Crippen molar-refractivity contribution in [3.63, 3.8) is 0 Å². The number of anilines is 2. The van der Waals surface area contributed by atoms with Gasteiger partial charge in [-0.15, -0.1) is 11.3 Å². The molecule has 1 aromatic carbocycles. The zero-order chi connectivity index (χ0) is 24.1. The second kappa shape index (κ2) is 10.6. The zero-order valence-electron chi connectivity index (χ0n) is 19.2. The van der Waals surface area contributed by atoms with Crippen LogP contribution in [0.2, 0.25) is 0 Å². The van der Waals surface area contributed by atoms with Gasteiger partial charge in [0.15, 0.2) is 6.61 Å². The summed E-state index contributed by atoms with van der Waals surface area (Å²) in [5.74, 6) is -2.08. The van der Waals surface area contributed by atoms with Crippen molar-refractivity contribution in [2.24, 2.45) is 0 Å². The van der Waals surface area contributed by atoms with Crippen LogP contribution in [0.15, 0.2) is 18.2 Å². The normalized spacial score (nSPS) is 12.6. The number of hydrogen-bond acceptors (Lipinski definition) is 7.